The molecule has 0 spiro atoms. The summed E-state index contributed by atoms with van der Waals surface area (Å²) in [7, 11) is 0. The maximum atomic E-state index is 5.08. The smallest absolute Gasteiger partial charge is 0.0661 e. The molecule has 0 radical (unpaired) electrons. The Labute approximate surface area is 127 Å². The summed E-state index contributed by atoms with van der Waals surface area (Å²) >= 11 is 0. The van der Waals surface area contributed by atoms with Crippen LogP contribution in [-0.4, -0.2) is 5.71 Å². The molecule has 3 rings (SSSR count). The molecule has 2 aromatic rings. The lowest BCUT2D eigenvalue weighted by atomic mass is 9.77. The minimum atomic E-state index is 0.0813. The number of benzene rings is 2. The lowest BCUT2D eigenvalue weighted by molar-refractivity contribution is 0.558. The number of rotatable bonds is 1. The van der Waals surface area contributed by atoms with E-state index in [9.17, 15) is 0 Å². The second-order valence-corrected chi connectivity index (χ2v) is 6.88. The van der Waals surface area contributed by atoms with Gasteiger partial charge in [-0.2, -0.15) is 0 Å². The first-order chi connectivity index (χ1) is 10.1. The molecular formula is C20H23N. The first-order valence-corrected chi connectivity index (χ1v) is 7.77. The van der Waals surface area contributed by atoms with Crippen molar-refractivity contribution >= 4 is 11.4 Å². The number of hydrogen-bond donors (Lipinski definition) is 0. The van der Waals surface area contributed by atoms with Crippen LogP contribution in [0.5, 0.6) is 0 Å². The van der Waals surface area contributed by atoms with Crippen LogP contribution in [0.4, 0.5) is 5.69 Å². The van der Waals surface area contributed by atoms with Gasteiger partial charge in [0.2, 0.25) is 0 Å². The zero-order chi connectivity index (χ0) is 14.9. The van der Waals surface area contributed by atoms with E-state index in [0.29, 0.717) is 5.92 Å². The number of aryl methyl sites for hydroxylation is 1. The number of fused-ring (bicyclic) bond motifs is 1. The highest BCUT2D eigenvalue weighted by atomic mass is 14.8. The van der Waals surface area contributed by atoms with Gasteiger partial charge in [-0.05, 0) is 30.0 Å². The van der Waals surface area contributed by atoms with E-state index in [1.54, 1.807) is 0 Å². The normalized spacial score (nSPS) is 18.6. The Bertz CT molecular complexity index is 647. The zero-order valence-corrected chi connectivity index (χ0v) is 13.1. The SMILES string of the molecule is CC(C)(C)C1=Nc2ccccc2CCC1c1ccccc1. The molecule has 1 nitrogen and oxygen atoms in total. The highest BCUT2D eigenvalue weighted by Gasteiger charge is 2.30. The molecule has 1 aliphatic rings. The third-order valence-electron chi connectivity index (χ3n) is 4.24. The Morgan fingerprint density at radius 1 is 0.905 bits per heavy atom. The summed E-state index contributed by atoms with van der Waals surface area (Å²) in [6.45, 7) is 6.82. The van der Waals surface area contributed by atoms with Crippen LogP contribution in [0.3, 0.4) is 0 Å². The Morgan fingerprint density at radius 3 is 2.29 bits per heavy atom. The van der Waals surface area contributed by atoms with Gasteiger partial charge >= 0.3 is 0 Å². The maximum Gasteiger partial charge on any atom is 0.0661 e. The van der Waals surface area contributed by atoms with Crippen LogP contribution < -0.4 is 0 Å². The predicted molar refractivity (Wildman–Crippen MR) is 90.5 cm³/mol. The van der Waals surface area contributed by atoms with E-state index in [1.165, 1.54) is 16.8 Å². The van der Waals surface area contributed by atoms with Gasteiger partial charge < -0.3 is 0 Å². The third-order valence-corrected chi connectivity index (χ3v) is 4.24. The fourth-order valence-corrected chi connectivity index (χ4v) is 3.18. The van der Waals surface area contributed by atoms with Crippen LogP contribution in [0, 0.1) is 5.41 Å². The van der Waals surface area contributed by atoms with Crippen molar-refractivity contribution < 1.29 is 0 Å². The minimum absolute atomic E-state index is 0.0813. The van der Waals surface area contributed by atoms with Crippen molar-refractivity contribution in [1.82, 2.24) is 0 Å². The maximum absolute atomic E-state index is 5.08. The zero-order valence-electron chi connectivity index (χ0n) is 13.1. The van der Waals surface area contributed by atoms with Crippen LogP contribution in [-0.2, 0) is 6.42 Å². The standard InChI is InChI=1S/C20H23N/c1-20(2,3)19-17(15-9-5-4-6-10-15)14-13-16-11-7-8-12-18(16)21-19/h4-12,17H,13-14H2,1-3H3. The monoisotopic (exact) mass is 277 g/mol. The number of nitrogens with zero attached hydrogens (tertiary/aromatic N) is 1. The first kappa shape index (κ1) is 14.1. The summed E-state index contributed by atoms with van der Waals surface area (Å²) < 4.78 is 0. The van der Waals surface area contributed by atoms with Crippen molar-refractivity contribution in [3.8, 4) is 0 Å². The van der Waals surface area contributed by atoms with Gasteiger partial charge in [0, 0.05) is 17.0 Å². The van der Waals surface area contributed by atoms with Crippen LogP contribution in [0.2, 0.25) is 0 Å². The second-order valence-electron chi connectivity index (χ2n) is 6.88. The van der Waals surface area contributed by atoms with Gasteiger partial charge in [-0.15, -0.1) is 0 Å². The van der Waals surface area contributed by atoms with Crippen LogP contribution in [0.25, 0.3) is 0 Å². The summed E-state index contributed by atoms with van der Waals surface area (Å²) in [5, 5.41) is 0. The Balaban J connectivity index is 2.11. The van der Waals surface area contributed by atoms with Crippen molar-refractivity contribution in [1.29, 1.82) is 0 Å². The van der Waals surface area contributed by atoms with Crippen LogP contribution in [0.1, 0.15) is 44.2 Å². The molecule has 1 aliphatic heterocycles. The van der Waals surface area contributed by atoms with Gasteiger partial charge in [0.15, 0.2) is 0 Å². The van der Waals surface area contributed by atoms with Crippen molar-refractivity contribution in [3.63, 3.8) is 0 Å². The number of hydrogen-bond acceptors (Lipinski definition) is 1. The highest BCUT2D eigenvalue weighted by Crippen LogP contribution is 2.38. The summed E-state index contributed by atoms with van der Waals surface area (Å²) in [5.41, 5.74) is 5.30. The van der Waals surface area contributed by atoms with Crippen molar-refractivity contribution in [2.45, 2.75) is 39.5 Å². The molecule has 0 aliphatic carbocycles. The number of aliphatic imine (C=N–C) groups is 1. The van der Waals surface area contributed by atoms with Crippen molar-refractivity contribution in [2.75, 3.05) is 0 Å². The van der Waals surface area contributed by atoms with E-state index < -0.39 is 0 Å². The molecule has 0 saturated carbocycles. The Morgan fingerprint density at radius 2 is 1.57 bits per heavy atom. The molecule has 0 saturated heterocycles. The molecule has 0 bridgehead atoms. The fourth-order valence-electron chi connectivity index (χ4n) is 3.18. The molecule has 0 N–H and O–H groups in total. The molecule has 0 amide bonds. The molecular weight excluding hydrogens is 254 g/mol. The molecule has 21 heavy (non-hydrogen) atoms. The van der Waals surface area contributed by atoms with Crippen molar-refractivity contribution in [3.05, 3.63) is 65.7 Å². The average molecular weight is 277 g/mol. The first-order valence-electron chi connectivity index (χ1n) is 7.77. The summed E-state index contributed by atoms with van der Waals surface area (Å²) in [5.74, 6) is 0.415. The van der Waals surface area contributed by atoms with Crippen molar-refractivity contribution in [2.24, 2.45) is 10.4 Å². The van der Waals surface area contributed by atoms with Gasteiger partial charge in [0.05, 0.1) is 5.69 Å². The molecule has 0 fully saturated rings. The Kier molecular flexibility index (Phi) is 3.67. The molecule has 0 aromatic heterocycles. The fraction of sp³-hybridized carbons (Fsp3) is 0.350. The largest absolute Gasteiger partial charge is 0.256 e. The number of para-hydroxylation sites is 1. The molecule has 1 heterocycles. The molecule has 2 aromatic carbocycles. The molecule has 1 atom stereocenters. The predicted octanol–water partition coefficient (Wildman–Crippen LogP) is 5.54. The second kappa shape index (κ2) is 5.48. The average Bonchev–Trinajstić information content (AvgIpc) is 2.67. The van der Waals surface area contributed by atoms with E-state index >= 15 is 0 Å². The summed E-state index contributed by atoms with van der Waals surface area (Å²) in [6, 6.07) is 19.4. The van der Waals surface area contributed by atoms with Gasteiger partial charge in [0.25, 0.3) is 0 Å². The third kappa shape index (κ3) is 2.92. The highest BCUT2D eigenvalue weighted by molar-refractivity contribution is 5.97. The molecule has 108 valence electrons. The summed E-state index contributed by atoms with van der Waals surface area (Å²) in [4.78, 5) is 5.08. The van der Waals surface area contributed by atoms with Crippen LogP contribution >= 0.6 is 0 Å². The summed E-state index contributed by atoms with van der Waals surface area (Å²) in [6.07, 6.45) is 2.23. The Hall–Kier alpha value is -1.89. The molecule has 1 unspecified atom stereocenters. The topological polar surface area (TPSA) is 12.4 Å². The van der Waals surface area contributed by atoms with E-state index in [4.69, 9.17) is 4.99 Å². The quantitative estimate of drug-likeness (QED) is 0.649. The lowest BCUT2D eigenvalue weighted by Gasteiger charge is -2.28. The van der Waals surface area contributed by atoms with Crippen LogP contribution in [0.15, 0.2) is 59.6 Å². The van der Waals surface area contributed by atoms with Gasteiger partial charge in [-0.25, -0.2) is 0 Å². The minimum Gasteiger partial charge on any atom is -0.256 e. The lowest BCUT2D eigenvalue weighted by Crippen LogP contribution is -2.27. The van der Waals surface area contributed by atoms with E-state index in [-0.39, 0.29) is 5.41 Å². The molecule has 1 heteroatoms. The van der Waals surface area contributed by atoms with E-state index in [1.807, 2.05) is 0 Å². The van der Waals surface area contributed by atoms with Gasteiger partial charge in [-0.1, -0.05) is 69.3 Å². The van der Waals surface area contributed by atoms with E-state index in [2.05, 4.69) is 75.4 Å². The van der Waals surface area contributed by atoms with Gasteiger partial charge in [-0.3, -0.25) is 4.99 Å². The van der Waals surface area contributed by atoms with E-state index in [0.717, 1.165) is 18.5 Å². The van der Waals surface area contributed by atoms with Gasteiger partial charge in [0.1, 0.15) is 0 Å².